The van der Waals surface area contributed by atoms with E-state index in [1.807, 2.05) is 0 Å². The normalized spacial score (nSPS) is 14.3. The maximum absolute atomic E-state index is 13.2. The summed E-state index contributed by atoms with van der Waals surface area (Å²) in [6.07, 6.45) is 0.243. The third-order valence-electron chi connectivity index (χ3n) is 5.32. The predicted molar refractivity (Wildman–Crippen MR) is 124 cm³/mol. The van der Waals surface area contributed by atoms with Crippen LogP contribution in [0.4, 0.5) is 10.1 Å². The molecule has 9 heteroatoms. The molecule has 0 bridgehead atoms. The lowest BCUT2D eigenvalue weighted by Crippen LogP contribution is -2.27. The summed E-state index contributed by atoms with van der Waals surface area (Å²) in [7, 11) is -3.78. The summed E-state index contributed by atoms with van der Waals surface area (Å²) in [4.78, 5) is 26.1. The van der Waals surface area contributed by atoms with E-state index in [0.29, 0.717) is 16.8 Å². The van der Waals surface area contributed by atoms with Crippen LogP contribution in [-0.2, 0) is 19.6 Å². The van der Waals surface area contributed by atoms with Gasteiger partial charge in [-0.3, -0.25) is 4.79 Å². The third kappa shape index (κ3) is 5.67. The molecule has 0 heterocycles. The zero-order valence-electron chi connectivity index (χ0n) is 18.3. The fourth-order valence-electron chi connectivity index (χ4n) is 3.29. The molecule has 176 valence electrons. The summed E-state index contributed by atoms with van der Waals surface area (Å²) in [5, 5.41) is 2.61. The minimum absolute atomic E-state index is 0.0363. The van der Waals surface area contributed by atoms with E-state index in [9.17, 15) is 22.4 Å². The predicted octanol–water partition coefficient (Wildman–Crippen LogP) is 4.11. The molecule has 0 aromatic heterocycles. The molecule has 2 N–H and O–H groups in total. The van der Waals surface area contributed by atoms with E-state index in [1.54, 1.807) is 37.3 Å². The van der Waals surface area contributed by atoms with Crippen molar-refractivity contribution in [3.8, 4) is 0 Å². The fraction of sp³-hybridized carbons (Fsp3) is 0.200. The van der Waals surface area contributed by atoms with Crippen LogP contribution in [0, 0.1) is 12.7 Å². The highest BCUT2D eigenvalue weighted by atomic mass is 32.2. The smallest absolute Gasteiger partial charge is 0.339 e. The third-order valence-corrected chi connectivity index (χ3v) is 6.83. The average Bonchev–Trinajstić information content (AvgIpc) is 3.62. The number of benzene rings is 3. The molecule has 1 aliphatic rings. The number of rotatable bonds is 8. The second-order valence-corrected chi connectivity index (χ2v) is 9.78. The van der Waals surface area contributed by atoms with Crippen molar-refractivity contribution in [1.29, 1.82) is 0 Å². The molecule has 0 radical (unpaired) electrons. The first-order chi connectivity index (χ1) is 16.2. The van der Waals surface area contributed by atoms with Crippen LogP contribution in [0.3, 0.4) is 0 Å². The minimum Gasteiger partial charge on any atom is -0.444 e. The average molecular weight is 483 g/mol. The molecule has 1 aliphatic carbocycles. The van der Waals surface area contributed by atoms with E-state index >= 15 is 0 Å². The SMILES string of the molecule is Cc1ccc(S(=O)(=O)NC2CC2)cc1C(=O)OC(C(=O)Nc1ccc(F)cc1)c1ccccc1. The van der Waals surface area contributed by atoms with E-state index in [0.717, 1.165) is 12.8 Å². The van der Waals surface area contributed by atoms with E-state index < -0.39 is 33.8 Å². The summed E-state index contributed by atoms with van der Waals surface area (Å²) >= 11 is 0. The Balaban J connectivity index is 1.60. The summed E-state index contributed by atoms with van der Waals surface area (Å²) in [5.74, 6) is -1.93. The van der Waals surface area contributed by atoms with E-state index in [4.69, 9.17) is 4.74 Å². The number of hydrogen-bond donors (Lipinski definition) is 2. The molecule has 4 rings (SSSR count). The molecule has 0 spiro atoms. The summed E-state index contributed by atoms with van der Waals surface area (Å²) < 4.78 is 46.6. The summed E-state index contributed by atoms with van der Waals surface area (Å²) in [6, 6.07) is 17.7. The highest BCUT2D eigenvalue weighted by molar-refractivity contribution is 7.89. The molecule has 3 aromatic rings. The van der Waals surface area contributed by atoms with Gasteiger partial charge < -0.3 is 10.1 Å². The molecule has 1 unspecified atom stereocenters. The number of anilines is 1. The van der Waals surface area contributed by atoms with Gasteiger partial charge in [-0.25, -0.2) is 22.3 Å². The van der Waals surface area contributed by atoms with Gasteiger partial charge in [0, 0.05) is 17.3 Å². The molecule has 3 aromatic carbocycles. The van der Waals surface area contributed by atoms with Crippen LogP contribution in [0.15, 0.2) is 77.7 Å². The molecular weight excluding hydrogens is 459 g/mol. The maximum Gasteiger partial charge on any atom is 0.339 e. The largest absolute Gasteiger partial charge is 0.444 e. The summed E-state index contributed by atoms with van der Waals surface area (Å²) in [5.41, 5.74) is 1.29. The van der Waals surface area contributed by atoms with Crippen LogP contribution in [-0.4, -0.2) is 26.3 Å². The molecule has 1 fully saturated rings. The van der Waals surface area contributed by atoms with Gasteiger partial charge in [-0.15, -0.1) is 0 Å². The zero-order chi connectivity index (χ0) is 24.3. The first-order valence-corrected chi connectivity index (χ1v) is 12.2. The number of hydrogen-bond acceptors (Lipinski definition) is 5. The van der Waals surface area contributed by atoms with E-state index in [2.05, 4.69) is 10.0 Å². The molecule has 1 amide bonds. The lowest BCUT2D eigenvalue weighted by Gasteiger charge is -2.19. The Kier molecular flexibility index (Phi) is 6.76. The Morgan fingerprint density at radius 2 is 1.68 bits per heavy atom. The van der Waals surface area contributed by atoms with E-state index in [-0.39, 0.29) is 16.5 Å². The molecule has 1 atom stereocenters. The van der Waals surface area contributed by atoms with Crippen molar-refractivity contribution in [2.24, 2.45) is 0 Å². The van der Waals surface area contributed by atoms with Crippen molar-refractivity contribution in [1.82, 2.24) is 4.72 Å². The van der Waals surface area contributed by atoms with Crippen LogP contribution >= 0.6 is 0 Å². The van der Waals surface area contributed by atoms with E-state index in [1.165, 1.54) is 42.5 Å². The second-order valence-electron chi connectivity index (χ2n) is 8.06. The second kappa shape index (κ2) is 9.74. The number of nitrogens with one attached hydrogen (secondary N) is 2. The number of sulfonamides is 1. The number of amides is 1. The molecule has 1 saturated carbocycles. The fourth-order valence-corrected chi connectivity index (χ4v) is 4.62. The Morgan fingerprint density at radius 3 is 2.32 bits per heavy atom. The standard InChI is InChI=1S/C25H23FN2O5S/c1-16-7-14-21(34(31,32)28-20-12-13-20)15-22(16)25(30)33-23(17-5-3-2-4-6-17)24(29)27-19-10-8-18(26)9-11-19/h2-11,14-15,20,23,28H,12-13H2,1H3,(H,27,29). The van der Waals surface area contributed by atoms with Crippen LogP contribution in [0.2, 0.25) is 0 Å². The van der Waals surface area contributed by atoms with Crippen molar-refractivity contribution >= 4 is 27.6 Å². The summed E-state index contributed by atoms with van der Waals surface area (Å²) in [6.45, 7) is 1.65. The number of carbonyl (C=O) groups excluding carboxylic acids is 2. The lowest BCUT2D eigenvalue weighted by atomic mass is 10.1. The number of halogens is 1. The van der Waals surface area contributed by atoms with Crippen molar-refractivity contribution in [2.45, 2.75) is 36.8 Å². The molecule has 0 saturated heterocycles. The molecule has 34 heavy (non-hydrogen) atoms. The molecule has 0 aliphatic heterocycles. The highest BCUT2D eigenvalue weighted by Gasteiger charge is 2.30. The van der Waals surface area contributed by atoms with Crippen LogP contribution in [0.25, 0.3) is 0 Å². The van der Waals surface area contributed by atoms with Gasteiger partial charge in [0.2, 0.25) is 16.1 Å². The molecule has 7 nitrogen and oxygen atoms in total. The van der Waals surface area contributed by atoms with Gasteiger partial charge in [0.25, 0.3) is 5.91 Å². The van der Waals surface area contributed by atoms with Crippen LogP contribution in [0.1, 0.15) is 40.4 Å². The maximum atomic E-state index is 13.2. The number of esters is 1. The monoisotopic (exact) mass is 482 g/mol. The first-order valence-electron chi connectivity index (χ1n) is 10.7. The first kappa shape index (κ1) is 23.6. The van der Waals surface area contributed by atoms with Gasteiger partial charge in [-0.2, -0.15) is 0 Å². The van der Waals surface area contributed by atoms with Gasteiger partial charge in [-0.1, -0.05) is 36.4 Å². The van der Waals surface area contributed by atoms with Crippen molar-refractivity contribution in [3.63, 3.8) is 0 Å². The topological polar surface area (TPSA) is 102 Å². The van der Waals surface area contributed by atoms with Gasteiger partial charge >= 0.3 is 5.97 Å². The van der Waals surface area contributed by atoms with Crippen molar-refractivity contribution in [3.05, 3.63) is 95.3 Å². The minimum atomic E-state index is -3.78. The Morgan fingerprint density at radius 1 is 1.00 bits per heavy atom. The van der Waals surface area contributed by atoms with Gasteiger partial charge in [0.15, 0.2) is 0 Å². The van der Waals surface area contributed by atoms with Crippen LogP contribution in [0.5, 0.6) is 0 Å². The number of ether oxygens (including phenoxy) is 1. The van der Waals surface area contributed by atoms with Gasteiger partial charge in [0.1, 0.15) is 5.82 Å². The number of carbonyl (C=O) groups is 2. The number of aryl methyl sites for hydroxylation is 1. The van der Waals surface area contributed by atoms with Gasteiger partial charge in [-0.05, 0) is 61.7 Å². The van der Waals surface area contributed by atoms with Crippen LogP contribution < -0.4 is 10.0 Å². The zero-order valence-corrected chi connectivity index (χ0v) is 19.1. The van der Waals surface area contributed by atoms with Gasteiger partial charge in [0.05, 0.1) is 10.5 Å². The Labute approximate surface area is 197 Å². The highest BCUT2D eigenvalue weighted by Crippen LogP contribution is 2.26. The van der Waals surface area contributed by atoms with Crippen molar-refractivity contribution < 1.29 is 27.1 Å². The molecular formula is C25H23FN2O5S. The lowest BCUT2D eigenvalue weighted by molar-refractivity contribution is -0.125. The quantitative estimate of drug-likeness (QED) is 0.471. The van der Waals surface area contributed by atoms with Crippen molar-refractivity contribution in [2.75, 3.05) is 5.32 Å². The Hall–Kier alpha value is -3.56. The Bertz CT molecular complexity index is 1310.